The molecule has 1 aliphatic carbocycles. The van der Waals surface area contributed by atoms with Gasteiger partial charge in [0, 0.05) is 19.0 Å². The van der Waals surface area contributed by atoms with Crippen LogP contribution in [0.5, 0.6) is 5.75 Å². The van der Waals surface area contributed by atoms with E-state index in [2.05, 4.69) is 27.4 Å². The molecule has 0 radical (unpaired) electrons. The van der Waals surface area contributed by atoms with E-state index in [1.807, 2.05) is 18.2 Å². The van der Waals surface area contributed by atoms with Gasteiger partial charge in [-0.15, -0.1) is 0 Å². The molecular weight excluding hydrogens is 393 g/mol. The fourth-order valence-electron chi connectivity index (χ4n) is 2.83. The molecule has 0 aliphatic heterocycles. The van der Waals surface area contributed by atoms with Gasteiger partial charge >= 0.3 is 0 Å². The van der Waals surface area contributed by atoms with Gasteiger partial charge < -0.3 is 15.7 Å². The molecule has 3 rings (SSSR count). The number of aromatic nitrogens is 2. The van der Waals surface area contributed by atoms with E-state index < -0.39 is 0 Å². The van der Waals surface area contributed by atoms with Crippen LogP contribution in [-0.4, -0.2) is 40.6 Å². The molecule has 0 unspecified atom stereocenters. The molecule has 1 aromatic carbocycles. The van der Waals surface area contributed by atoms with Crippen molar-refractivity contribution in [2.45, 2.75) is 30.6 Å². The van der Waals surface area contributed by atoms with E-state index in [-0.39, 0.29) is 34.6 Å². The summed E-state index contributed by atoms with van der Waals surface area (Å²) in [5.41, 5.74) is 0.754. The lowest BCUT2D eigenvalue weighted by Gasteiger charge is -2.13. The number of para-hydroxylation sites is 1. The normalized spacial score (nSPS) is 13.9. The third-order valence-electron chi connectivity index (χ3n) is 4.59. The zero-order valence-corrected chi connectivity index (χ0v) is 16.8. The summed E-state index contributed by atoms with van der Waals surface area (Å²) < 4.78 is 14.6. The number of halogens is 1. The van der Waals surface area contributed by atoms with Crippen LogP contribution in [-0.2, 0) is 11.2 Å². The Kier molecular flexibility index (Phi) is 7.29. The van der Waals surface area contributed by atoms with E-state index in [1.165, 1.54) is 10.9 Å². The molecule has 29 heavy (non-hydrogen) atoms. The summed E-state index contributed by atoms with van der Waals surface area (Å²) in [7, 11) is 0. The first-order valence-corrected chi connectivity index (χ1v) is 10.2. The van der Waals surface area contributed by atoms with Crippen molar-refractivity contribution < 1.29 is 13.8 Å². The van der Waals surface area contributed by atoms with E-state index in [4.69, 9.17) is 0 Å². The van der Waals surface area contributed by atoms with Crippen molar-refractivity contribution in [2.24, 2.45) is 10.9 Å². The van der Waals surface area contributed by atoms with Gasteiger partial charge in [0.1, 0.15) is 16.5 Å². The van der Waals surface area contributed by atoms with Crippen molar-refractivity contribution in [3.05, 3.63) is 42.1 Å². The summed E-state index contributed by atoms with van der Waals surface area (Å²) in [5.74, 6) is 1.42. The summed E-state index contributed by atoms with van der Waals surface area (Å²) in [6.07, 6.45) is 6.37. The highest BCUT2D eigenvalue weighted by Gasteiger charge is 2.28. The van der Waals surface area contributed by atoms with Gasteiger partial charge in [0.15, 0.2) is 5.82 Å². The molecule has 7 nitrogen and oxygen atoms in total. The zero-order chi connectivity index (χ0) is 20.6. The van der Waals surface area contributed by atoms with Crippen LogP contribution in [0.1, 0.15) is 24.8 Å². The Bertz CT molecular complexity index is 895. The van der Waals surface area contributed by atoms with Gasteiger partial charge in [0.2, 0.25) is 5.91 Å². The molecule has 0 bridgehead atoms. The monoisotopic (exact) mass is 417 g/mol. The van der Waals surface area contributed by atoms with Crippen LogP contribution < -0.4 is 10.6 Å². The molecule has 1 fully saturated rings. The fraction of sp³-hybridized carbons (Fsp3) is 0.350. The van der Waals surface area contributed by atoms with Gasteiger partial charge in [-0.1, -0.05) is 18.2 Å². The average Bonchev–Trinajstić information content (AvgIpc) is 3.50. The summed E-state index contributed by atoms with van der Waals surface area (Å²) in [4.78, 5) is 15.9. The number of aliphatic imine (C=N–C) groups is 1. The number of hydrogen-bond donors (Lipinski definition) is 3. The number of nitrogens with one attached hydrogen (secondary N) is 2. The lowest BCUT2D eigenvalue weighted by molar-refractivity contribution is -0.122. The highest BCUT2D eigenvalue weighted by Crippen LogP contribution is 2.31. The second-order valence-electron chi connectivity index (χ2n) is 6.75. The minimum atomic E-state index is 0.0593. The Morgan fingerprint density at radius 1 is 1.38 bits per heavy atom. The first kappa shape index (κ1) is 20.9. The number of phenols is 1. The van der Waals surface area contributed by atoms with E-state index in [0.29, 0.717) is 31.1 Å². The third kappa shape index (κ3) is 5.60. The molecule has 1 aliphatic rings. The number of hydrogen-bond acceptors (Lipinski definition) is 6. The van der Waals surface area contributed by atoms with Crippen LogP contribution >= 0.6 is 12.1 Å². The minimum Gasteiger partial charge on any atom is -0.508 e. The van der Waals surface area contributed by atoms with E-state index in [1.54, 1.807) is 12.1 Å². The SMILES string of the molecule is C=Nc1c(SF)cnn1/C(=C\Cc1ccccc1O)NCCCNC(=O)C1CC1. The van der Waals surface area contributed by atoms with Gasteiger partial charge in [-0.2, -0.15) is 13.7 Å². The van der Waals surface area contributed by atoms with Crippen LogP contribution in [0, 0.1) is 5.92 Å². The largest absolute Gasteiger partial charge is 0.508 e. The lowest BCUT2D eigenvalue weighted by Crippen LogP contribution is -2.28. The van der Waals surface area contributed by atoms with Crippen LogP contribution in [0.3, 0.4) is 0 Å². The summed E-state index contributed by atoms with van der Waals surface area (Å²) in [6.45, 7) is 4.66. The van der Waals surface area contributed by atoms with Crippen molar-refractivity contribution in [3.8, 4) is 5.75 Å². The Morgan fingerprint density at radius 2 is 2.14 bits per heavy atom. The standard InChI is InChI=1S/C20H24FN5O2S/c1-22-19-17(29-21)13-25-26(19)18(10-9-14-5-2-3-6-16(14)27)23-11-4-12-24-20(28)15-7-8-15/h2-3,5-6,10,13,15,23,27H,1,4,7-9,11-12H2,(H,24,28)/b18-10-. The first-order valence-electron chi connectivity index (χ1n) is 9.46. The van der Waals surface area contributed by atoms with E-state index in [0.717, 1.165) is 24.8 Å². The van der Waals surface area contributed by atoms with Gasteiger partial charge in [-0.25, -0.2) is 4.99 Å². The van der Waals surface area contributed by atoms with E-state index >= 15 is 0 Å². The maximum absolute atomic E-state index is 13.1. The van der Waals surface area contributed by atoms with Crippen molar-refractivity contribution in [1.29, 1.82) is 0 Å². The van der Waals surface area contributed by atoms with Crippen LogP contribution in [0.15, 0.2) is 46.4 Å². The molecule has 1 amide bonds. The second kappa shape index (κ2) is 10.1. The van der Waals surface area contributed by atoms with Crippen molar-refractivity contribution in [1.82, 2.24) is 20.4 Å². The molecule has 0 saturated heterocycles. The molecule has 3 N–H and O–H groups in total. The number of carbonyl (C=O) groups is 1. The molecular formula is C20H24FN5O2S. The van der Waals surface area contributed by atoms with Crippen LogP contribution in [0.2, 0.25) is 0 Å². The topological polar surface area (TPSA) is 91.5 Å². The summed E-state index contributed by atoms with van der Waals surface area (Å²) in [5, 5.41) is 20.4. The van der Waals surface area contributed by atoms with Crippen molar-refractivity contribution >= 4 is 36.4 Å². The number of carbonyl (C=O) groups excluding carboxylic acids is 1. The number of rotatable bonds is 11. The Labute approximate surface area is 173 Å². The van der Waals surface area contributed by atoms with E-state index in [9.17, 15) is 13.8 Å². The fourth-order valence-corrected chi connectivity index (χ4v) is 3.14. The quantitative estimate of drug-likeness (QED) is 0.385. The Hall–Kier alpha value is -2.81. The van der Waals surface area contributed by atoms with Gasteiger partial charge in [0.05, 0.1) is 18.3 Å². The smallest absolute Gasteiger partial charge is 0.223 e. The molecule has 154 valence electrons. The molecule has 1 aromatic heterocycles. The Balaban J connectivity index is 1.68. The highest BCUT2D eigenvalue weighted by molar-refractivity contribution is 7.94. The summed E-state index contributed by atoms with van der Waals surface area (Å²) in [6, 6.07) is 7.06. The second-order valence-corrected chi connectivity index (χ2v) is 7.34. The molecule has 0 atom stereocenters. The molecule has 1 saturated carbocycles. The van der Waals surface area contributed by atoms with Crippen molar-refractivity contribution in [2.75, 3.05) is 13.1 Å². The molecule has 2 aromatic rings. The predicted octanol–water partition coefficient (Wildman–Crippen LogP) is 3.44. The number of allylic oxidation sites excluding steroid dienone is 1. The Morgan fingerprint density at radius 3 is 2.83 bits per heavy atom. The third-order valence-corrected chi connectivity index (χ3v) is 5.04. The lowest BCUT2D eigenvalue weighted by atomic mass is 10.1. The number of phenolic OH excluding ortho intramolecular Hbond substituents is 1. The zero-order valence-electron chi connectivity index (χ0n) is 16.0. The molecule has 1 heterocycles. The maximum Gasteiger partial charge on any atom is 0.223 e. The summed E-state index contributed by atoms with van der Waals surface area (Å²) >= 11 is 0.0593. The highest BCUT2D eigenvalue weighted by atomic mass is 32.2. The van der Waals surface area contributed by atoms with Gasteiger partial charge in [-0.3, -0.25) is 4.79 Å². The molecule has 0 spiro atoms. The van der Waals surface area contributed by atoms with Gasteiger partial charge in [0.25, 0.3) is 0 Å². The number of amides is 1. The molecule has 9 heteroatoms. The first-order chi connectivity index (χ1) is 14.1. The number of nitrogens with zero attached hydrogens (tertiary/aromatic N) is 3. The minimum absolute atomic E-state index is 0.0593. The maximum atomic E-state index is 13.1. The van der Waals surface area contributed by atoms with Gasteiger partial charge in [-0.05, 0) is 50.1 Å². The number of aromatic hydroxyl groups is 1. The predicted molar refractivity (Wildman–Crippen MR) is 113 cm³/mol. The van der Waals surface area contributed by atoms with Crippen LogP contribution in [0.4, 0.5) is 9.70 Å². The number of benzene rings is 1. The average molecular weight is 418 g/mol. The van der Waals surface area contributed by atoms with Crippen LogP contribution in [0.25, 0.3) is 5.82 Å². The van der Waals surface area contributed by atoms with Crippen molar-refractivity contribution in [3.63, 3.8) is 0 Å².